The molecule has 6 heteroatoms. The molecule has 2 aromatic carbocycles. The number of benzene rings is 2. The van der Waals surface area contributed by atoms with Gasteiger partial charge in [-0.15, -0.1) is 0 Å². The first-order valence-corrected chi connectivity index (χ1v) is 9.10. The maximum absolute atomic E-state index is 12.9. The van der Waals surface area contributed by atoms with E-state index in [1.165, 1.54) is 10.5 Å². The first-order chi connectivity index (χ1) is 13.1. The van der Waals surface area contributed by atoms with Crippen LogP contribution in [0, 0.1) is 0 Å². The van der Waals surface area contributed by atoms with Crippen LogP contribution in [0.2, 0.25) is 0 Å². The molecule has 0 saturated carbocycles. The molecule has 1 fully saturated rings. The Morgan fingerprint density at radius 3 is 2.33 bits per heavy atom. The van der Waals surface area contributed by atoms with Crippen molar-refractivity contribution in [3.63, 3.8) is 0 Å². The van der Waals surface area contributed by atoms with Crippen molar-refractivity contribution < 1.29 is 14.4 Å². The highest BCUT2D eigenvalue weighted by Crippen LogP contribution is 2.27. The lowest BCUT2D eigenvalue weighted by atomic mass is 10.0. The zero-order chi connectivity index (χ0) is 19.0. The summed E-state index contributed by atoms with van der Waals surface area (Å²) in [7, 11) is 0. The fourth-order valence-corrected chi connectivity index (χ4v) is 3.76. The summed E-state index contributed by atoms with van der Waals surface area (Å²) >= 11 is 0. The average Bonchev–Trinajstić information content (AvgIpc) is 3.01. The Hall–Kier alpha value is -3.15. The number of nitrogens with zero attached hydrogens (tertiary/aromatic N) is 3. The maximum Gasteiger partial charge on any atom is 0.335 e. The third-order valence-electron chi connectivity index (χ3n) is 5.30. The van der Waals surface area contributed by atoms with Crippen molar-refractivity contribution in [2.75, 3.05) is 13.1 Å². The van der Waals surface area contributed by atoms with E-state index in [1.807, 2.05) is 48.5 Å². The summed E-state index contributed by atoms with van der Waals surface area (Å²) in [5, 5.41) is 0. The molecule has 0 bridgehead atoms. The van der Waals surface area contributed by atoms with Gasteiger partial charge < -0.3 is 4.90 Å². The van der Waals surface area contributed by atoms with Crippen LogP contribution in [0.1, 0.15) is 29.7 Å². The second-order valence-electron chi connectivity index (χ2n) is 6.94. The predicted octanol–water partition coefficient (Wildman–Crippen LogP) is 3.19. The second kappa shape index (κ2) is 6.87. The third-order valence-corrected chi connectivity index (χ3v) is 5.30. The molecule has 1 saturated heterocycles. The van der Waals surface area contributed by atoms with Crippen molar-refractivity contribution in [1.29, 1.82) is 0 Å². The highest BCUT2D eigenvalue weighted by molar-refractivity contribution is 6.09. The van der Waals surface area contributed by atoms with Crippen molar-refractivity contribution in [1.82, 2.24) is 14.7 Å². The number of carbonyl (C=O) groups excluding carboxylic acids is 3. The summed E-state index contributed by atoms with van der Waals surface area (Å²) in [6, 6.07) is 16.0. The number of urea groups is 2. The van der Waals surface area contributed by atoms with Crippen molar-refractivity contribution in [2.45, 2.75) is 25.9 Å². The van der Waals surface area contributed by atoms with E-state index in [1.54, 1.807) is 11.8 Å². The molecule has 2 aliphatic heterocycles. The molecule has 0 radical (unpaired) electrons. The summed E-state index contributed by atoms with van der Waals surface area (Å²) in [6.45, 7) is 2.60. The molecule has 2 heterocycles. The van der Waals surface area contributed by atoms with Gasteiger partial charge in [-0.25, -0.2) is 14.5 Å². The van der Waals surface area contributed by atoms with E-state index in [4.69, 9.17) is 0 Å². The average molecular weight is 363 g/mol. The molecule has 0 aromatic heterocycles. The highest BCUT2D eigenvalue weighted by Gasteiger charge is 2.44. The number of carbonyl (C=O) groups is 3. The molecule has 0 spiro atoms. The Bertz CT molecular complexity index is 897. The number of rotatable bonds is 2. The van der Waals surface area contributed by atoms with E-state index in [9.17, 15) is 14.4 Å². The molecule has 138 valence electrons. The van der Waals surface area contributed by atoms with E-state index < -0.39 is 18.1 Å². The number of fused-ring (bicyclic) bond motifs is 1. The summed E-state index contributed by atoms with van der Waals surface area (Å²) in [4.78, 5) is 42.1. The Kier molecular flexibility index (Phi) is 4.39. The van der Waals surface area contributed by atoms with Gasteiger partial charge in [0.1, 0.15) is 6.54 Å². The smallest absolute Gasteiger partial charge is 0.320 e. The van der Waals surface area contributed by atoms with Gasteiger partial charge in [0.25, 0.3) is 5.91 Å². The minimum atomic E-state index is -0.541. The fourth-order valence-electron chi connectivity index (χ4n) is 3.76. The number of amides is 5. The fraction of sp³-hybridized carbons (Fsp3) is 0.286. The maximum atomic E-state index is 12.9. The van der Waals surface area contributed by atoms with Crippen LogP contribution < -0.4 is 0 Å². The van der Waals surface area contributed by atoms with Gasteiger partial charge >= 0.3 is 12.1 Å². The minimum Gasteiger partial charge on any atom is -0.320 e. The van der Waals surface area contributed by atoms with Crippen LogP contribution in [0.4, 0.5) is 9.59 Å². The number of hydrogen-bond donors (Lipinski definition) is 0. The Balaban J connectivity index is 1.51. The van der Waals surface area contributed by atoms with E-state index in [2.05, 4.69) is 6.07 Å². The molecule has 0 aliphatic carbocycles. The zero-order valence-electron chi connectivity index (χ0n) is 15.2. The Morgan fingerprint density at radius 1 is 0.926 bits per heavy atom. The van der Waals surface area contributed by atoms with Gasteiger partial charge in [-0.3, -0.25) is 9.69 Å². The van der Waals surface area contributed by atoms with Crippen LogP contribution in [-0.2, 0) is 17.8 Å². The van der Waals surface area contributed by atoms with Crippen LogP contribution >= 0.6 is 0 Å². The lowest BCUT2D eigenvalue weighted by molar-refractivity contribution is -0.126. The first-order valence-electron chi connectivity index (χ1n) is 9.10. The predicted molar refractivity (Wildman–Crippen MR) is 99.8 cm³/mol. The molecule has 27 heavy (non-hydrogen) atoms. The van der Waals surface area contributed by atoms with Gasteiger partial charge in [-0.05, 0) is 30.0 Å². The topological polar surface area (TPSA) is 60.9 Å². The van der Waals surface area contributed by atoms with Crippen LogP contribution in [0.5, 0.6) is 0 Å². The monoisotopic (exact) mass is 363 g/mol. The molecule has 4 rings (SSSR count). The Morgan fingerprint density at radius 2 is 1.59 bits per heavy atom. The molecule has 6 nitrogen and oxygen atoms in total. The van der Waals surface area contributed by atoms with Crippen LogP contribution in [0.15, 0.2) is 54.6 Å². The van der Waals surface area contributed by atoms with Gasteiger partial charge in [0.05, 0.1) is 6.04 Å². The summed E-state index contributed by atoms with van der Waals surface area (Å²) in [5.41, 5.74) is 3.18. The van der Waals surface area contributed by atoms with Crippen molar-refractivity contribution in [2.24, 2.45) is 0 Å². The van der Waals surface area contributed by atoms with Crippen molar-refractivity contribution in [3.05, 3.63) is 71.3 Å². The lowest BCUT2D eigenvalue weighted by Gasteiger charge is -2.31. The normalized spacial score (nSPS) is 17.9. The van der Waals surface area contributed by atoms with Gasteiger partial charge in [-0.1, -0.05) is 54.6 Å². The van der Waals surface area contributed by atoms with Gasteiger partial charge in [-0.2, -0.15) is 0 Å². The summed E-state index contributed by atoms with van der Waals surface area (Å²) < 4.78 is 0. The molecule has 2 aromatic rings. The van der Waals surface area contributed by atoms with Crippen LogP contribution in [-0.4, -0.2) is 45.8 Å². The van der Waals surface area contributed by atoms with Gasteiger partial charge in [0.15, 0.2) is 0 Å². The van der Waals surface area contributed by atoms with E-state index in [-0.39, 0.29) is 12.5 Å². The molecule has 2 aliphatic rings. The molecule has 0 N–H and O–H groups in total. The zero-order valence-corrected chi connectivity index (χ0v) is 15.2. The largest absolute Gasteiger partial charge is 0.335 e. The standard InChI is InChI=1S/C21H21N3O3/c1-15(16-7-3-2-4-8-16)24-19(25)14-23(21(24)27)20(26)22-12-11-17-9-5-6-10-18(17)13-22/h2-10,15H,11-14H2,1H3/t15-/m1/s1. The lowest BCUT2D eigenvalue weighted by Crippen LogP contribution is -2.47. The van der Waals surface area contributed by atoms with Crippen LogP contribution in [0.3, 0.4) is 0 Å². The molecule has 5 amide bonds. The minimum absolute atomic E-state index is 0.201. The molecular formula is C21H21N3O3. The summed E-state index contributed by atoms with van der Waals surface area (Å²) in [5.74, 6) is -0.345. The molecule has 1 atom stereocenters. The van der Waals surface area contributed by atoms with Crippen molar-refractivity contribution in [3.8, 4) is 0 Å². The quantitative estimate of drug-likeness (QED) is 0.770. The molecule has 0 unspecified atom stereocenters. The first kappa shape index (κ1) is 17.3. The number of imide groups is 2. The van der Waals surface area contributed by atoms with E-state index in [0.717, 1.165) is 22.4 Å². The van der Waals surface area contributed by atoms with Gasteiger partial charge in [0, 0.05) is 13.1 Å². The summed E-state index contributed by atoms with van der Waals surface area (Å²) in [6.07, 6.45) is 0.752. The van der Waals surface area contributed by atoms with Gasteiger partial charge in [0.2, 0.25) is 0 Å². The SMILES string of the molecule is C[C@H](c1ccccc1)N1C(=O)CN(C(=O)N2CCc3ccccc3C2)C1=O. The second-order valence-corrected chi connectivity index (χ2v) is 6.94. The van der Waals surface area contributed by atoms with Crippen molar-refractivity contribution >= 4 is 18.0 Å². The van der Waals surface area contributed by atoms with E-state index in [0.29, 0.717) is 13.1 Å². The van der Waals surface area contributed by atoms with Crippen LogP contribution in [0.25, 0.3) is 0 Å². The Labute approximate surface area is 158 Å². The number of hydrogen-bond acceptors (Lipinski definition) is 3. The highest BCUT2D eigenvalue weighted by atomic mass is 16.2. The third kappa shape index (κ3) is 3.07. The van der Waals surface area contributed by atoms with E-state index >= 15 is 0 Å². The molecular weight excluding hydrogens is 342 g/mol.